The molecule has 0 aromatic heterocycles. The lowest BCUT2D eigenvalue weighted by atomic mass is 10.1. The van der Waals surface area contributed by atoms with Gasteiger partial charge < -0.3 is 14.8 Å². The molecule has 1 aliphatic heterocycles. The van der Waals surface area contributed by atoms with Crippen LogP contribution in [0, 0.1) is 0 Å². The number of benzene rings is 1. The Labute approximate surface area is 122 Å². The molecule has 1 aromatic rings. The maximum absolute atomic E-state index is 5.75. The first-order chi connectivity index (χ1) is 9.79. The summed E-state index contributed by atoms with van der Waals surface area (Å²) in [5, 5.41) is 3.48. The van der Waals surface area contributed by atoms with Gasteiger partial charge in [-0.2, -0.15) is 0 Å². The van der Waals surface area contributed by atoms with Crippen LogP contribution in [0.2, 0.25) is 0 Å². The zero-order valence-electron chi connectivity index (χ0n) is 12.7. The van der Waals surface area contributed by atoms with Crippen LogP contribution in [-0.2, 0) is 11.2 Å². The Morgan fingerprint density at radius 2 is 2.15 bits per heavy atom. The van der Waals surface area contributed by atoms with Crippen molar-refractivity contribution in [1.29, 1.82) is 0 Å². The molecule has 2 unspecified atom stereocenters. The van der Waals surface area contributed by atoms with Gasteiger partial charge in [0.15, 0.2) is 0 Å². The third-order valence-corrected chi connectivity index (χ3v) is 3.82. The van der Waals surface area contributed by atoms with E-state index >= 15 is 0 Å². The summed E-state index contributed by atoms with van der Waals surface area (Å²) in [5.74, 6) is 0.955. The SMILES string of the molecule is CCCc1ccc(OCCNC(C)C2CCCO2)cc1. The molecule has 3 heteroatoms. The normalized spacial score (nSPS) is 20.0. The number of nitrogens with one attached hydrogen (secondary N) is 1. The minimum absolute atomic E-state index is 0.378. The van der Waals surface area contributed by atoms with E-state index in [-0.39, 0.29) is 0 Å². The van der Waals surface area contributed by atoms with Gasteiger partial charge in [-0.1, -0.05) is 25.5 Å². The van der Waals surface area contributed by atoms with Gasteiger partial charge >= 0.3 is 0 Å². The first-order valence-corrected chi connectivity index (χ1v) is 7.86. The van der Waals surface area contributed by atoms with Gasteiger partial charge in [-0.15, -0.1) is 0 Å². The van der Waals surface area contributed by atoms with Crippen molar-refractivity contribution in [3.8, 4) is 5.75 Å². The molecule has 0 spiro atoms. The Bertz CT molecular complexity index is 371. The third-order valence-electron chi connectivity index (χ3n) is 3.82. The summed E-state index contributed by atoms with van der Waals surface area (Å²) in [4.78, 5) is 0. The van der Waals surface area contributed by atoms with Crippen molar-refractivity contribution in [2.24, 2.45) is 0 Å². The summed E-state index contributed by atoms with van der Waals surface area (Å²) < 4.78 is 11.4. The van der Waals surface area contributed by atoms with Crippen molar-refractivity contribution in [2.75, 3.05) is 19.8 Å². The first kappa shape index (κ1) is 15.3. The fourth-order valence-electron chi connectivity index (χ4n) is 2.62. The van der Waals surface area contributed by atoms with Crippen molar-refractivity contribution in [3.05, 3.63) is 29.8 Å². The van der Waals surface area contributed by atoms with Gasteiger partial charge in [0.1, 0.15) is 12.4 Å². The maximum atomic E-state index is 5.75. The van der Waals surface area contributed by atoms with Crippen molar-refractivity contribution in [2.45, 2.75) is 51.7 Å². The number of hydrogen-bond acceptors (Lipinski definition) is 3. The average molecular weight is 277 g/mol. The molecular weight excluding hydrogens is 250 g/mol. The second kappa shape index (κ2) is 8.28. The lowest BCUT2D eigenvalue weighted by Gasteiger charge is -2.20. The summed E-state index contributed by atoms with van der Waals surface area (Å²) in [7, 11) is 0. The third kappa shape index (κ3) is 4.80. The molecule has 0 radical (unpaired) electrons. The van der Waals surface area contributed by atoms with Crippen LogP contribution in [0.5, 0.6) is 5.75 Å². The lowest BCUT2D eigenvalue weighted by Crippen LogP contribution is -2.39. The quantitative estimate of drug-likeness (QED) is 0.740. The highest BCUT2D eigenvalue weighted by Crippen LogP contribution is 2.15. The Morgan fingerprint density at radius 3 is 2.80 bits per heavy atom. The summed E-state index contributed by atoms with van der Waals surface area (Å²) in [5.41, 5.74) is 1.38. The van der Waals surface area contributed by atoms with Crippen LogP contribution in [0.3, 0.4) is 0 Å². The van der Waals surface area contributed by atoms with Crippen molar-refractivity contribution < 1.29 is 9.47 Å². The van der Waals surface area contributed by atoms with Crippen LogP contribution in [0.25, 0.3) is 0 Å². The molecular formula is C17H27NO2. The Morgan fingerprint density at radius 1 is 1.35 bits per heavy atom. The zero-order valence-corrected chi connectivity index (χ0v) is 12.7. The molecule has 1 aliphatic rings. The maximum Gasteiger partial charge on any atom is 0.119 e. The monoisotopic (exact) mass is 277 g/mol. The smallest absolute Gasteiger partial charge is 0.119 e. The molecule has 2 rings (SSSR count). The van der Waals surface area contributed by atoms with Crippen molar-refractivity contribution >= 4 is 0 Å². The van der Waals surface area contributed by atoms with E-state index in [1.807, 2.05) is 0 Å². The predicted molar refractivity (Wildman–Crippen MR) is 82.4 cm³/mol. The second-order valence-electron chi connectivity index (χ2n) is 5.54. The van der Waals surface area contributed by atoms with E-state index < -0.39 is 0 Å². The fraction of sp³-hybridized carbons (Fsp3) is 0.647. The van der Waals surface area contributed by atoms with Gasteiger partial charge in [-0.3, -0.25) is 0 Å². The largest absolute Gasteiger partial charge is 0.492 e. The highest BCUT2D eigenvalue weighted by Gasteiger charge is 2.21. The molecule has 1 N–H and O–H groups in total. The molecule has 0 amide bonds. The molecule has 1 aromatic carbocycles. The minimum Gasteiger partial charge on any atom is -0.492 e. The van der Waals surface area contributed by atoms with Gasteiger partial charge in [-0.05, 0) is 43.9 Å². The van der Waals surface area contributed by atoms with E-state index in [0.717, 1.165) is 25.3 Å². The predicted octanol–water partition coefficient (Wildman–Crippen LogP) is 3.18. The number of aryl methyl sites for hydroxylation is 1. The highest BCUT2D eigenvalue weighted by atomic mass is 16.5. The average Bonchev–Trinajstić information content (AvgIpc) is 3.00. The Hall–Kier alpha value is -1.06. The first-order valence-electron chi connectivity index (χ1n) is 7.86. The molecule has 0 saturated carbocycles. The van der Waals surface area contributed by atoms with Gasteiger partial charge in [0.25, 0.3) is 0 Å². The molecule has 2 atom stereocenters. The van der Waals surface area contributed by atoms with E-state index in [2.05, 4.69) is 43.4 Å². The van der Waals surface area contributed by atoms with E-state index in [4.69, 9.17) is 9.47 Å². The van der Waals surface area contributed by atoms with Gasteiger partial charge in [0.2, 0.25) is 0 Å². The number of hydrogen-bond donors (Lipinski definition) is 1. The van der Waals surface area contributed by atoms with Crippen LogP contribution in [-0.4, -0.2) is 31.9 Å². The Kier molecular flexibility index (Phi) is 6.34. The summed E-state index contributed by atoms with van der Waals surface area (Å²) in [6, 6.07) is 8.85. The van der Waals surface area contributed by atoms with Crippen LogP contribution >= 0.6 is 0 Å². The minimum atomic E-state index is 0.378. The number of ether oxygens (including phenoxy) is 2. The van der Waals surface area contributed by atoms with Gasteiger partial charge in [0, 0.05) is 19.2 Å². The van der Waals surface area contributed by atoms with E-state index in [0.29, 0.717) is 18.8 Å². The second-order valence-corrected chi connectivity index (χ2v) is 5.54. The van der Waals surface area contributed by atoms with Gasteiger partial charge in [0.05, 0.1) is 6.10 Å². The molecule has 0 bridgehead atoms. The standard InChI is InChI=1S/C17H27NO2/c1-3-5-15-7-9-16(10-8-15)19-13-11-18-14(2)17-6-4-12-20-17/h7-10,14,17-18H,3-6,11-13H2,1-2H3. The summed E-state index contributed by atoms with van der Waals surface area (Å²) in [6.07, 6.45) is 5.07. The van der Waals surface area contributed by atoms with Crippen LogP contribution in [0.15, 0.2) is 24.3 Å². The fourth-order valence-corrected chi connectivity index (χ4v) is 2.62. The number of rotatable bonds is 8. The zero-order chi connectivity index (χ0) is 14.2. The van der Waals surface area contributed by atoms with Crippen molar-refractivity contribution in [1.82, 2.24) is 5.32 Å². The molecule has 112 valence electrons. The lowest BCUT2D eigenvalue weighted by molar-refractivity contribution is 0.0824. The highest BCUT2D eigenvalue weighted by molar-refractivity contribution is 5.27. The van der Waals surface area contributed by atoms with Gasteiger partial charge in [-0.25, -0.2) is 0 Å². The molecule has 3 nitrogen and oxygen atoms in total. The van der Waals surface area contributed by atoms with Crippen LogP contribution < -0.4 is 10.1 Å². The van der Waals surface area contributed by atoms with E-state index in [1.54, 1.807) is 0 Å². The van der Waals surface area contributed by atoms with E-state index in [9.17, 15) is 0 Å². The summed E-state index contributed by atoms with van der Waals surface area (Å²) >= 11 is 0. The van der Waals surface area contributed by atoms with Crippen molar-refractivity contribution in [3.63, 3.8) is 0 Å². The van der Waals surface area contributed by atoms with Crippen LogP contribution in [0.1, 0.15) is 38.7 Å². The molecule has 0 aliphatic carbocycles. The molecule has 20 heavy (non-hydrogen) atoms. The molecule has 1 saturated heterocycles. The summed E-state index contributed by atoms with van der Waals surface area (Å²) in [6.45, 7) is 6.86. The molecule has 1 heterocycles. The molecule has 1 fully saturated rings. The van der Waals surface area contributed by atoms with Crippen LogP contribution in [0.4, 0.5) is 0 Å². The topological polar surface area (TPSA) is 30.5 Å². The Balaban J connectivity index is 1.62. The van der Waals surface area contributed by atoms with E-state index in [1.165, 1.54) is 24.8 Å².